The van der Waals surface area contributed by atoms with Crippen LogP contribution in [-0.4, -0.2) is 41.9 Å². The van der Waals surface area contributed by atoms with Crippen molar-refractivity contribution in [1.29, 1.82) is 0 Å². The Hall–Kier alpha value is -1.95. The highest BCUT2D eigenvalue weighted by Gasteiger charge is 2.31. The van der Waals surface area contributed by atoms with E-state index in [1.165, 1.54) is 0 Å². The molecule has 1 fully saturated rings. The van der Waals surface area contributed by atoms with Gasteiger partial charge in [0.25, 0.3) is 5.91 Å². The van der Waals surface area contributed by atoms with Crippen LogP contribution in [0.1, 0.15) is 23.2 Å². The number of aliphatic hydroxyl groups excluding tert-OH is 1. The van der Waals surface area contributed by atoms with Crippen LogP contribution >= 0.6 is 0 Å². The first-order valence-electron chi connectivity index (χ1n) is 6.31. The Morgan fingerprint density at radius 2 is 2.16 bits per heavy atom. The van der Waals surface area contributed by atoms with E-state index in [0.29, 0.717) is 29.3 Å². The van der Waals surface area contributed by atoms with Crippen molar-refractivity contribution in [3.05, 3.63) is 17.7 Å². The van der Waals surface area contributed by atoms with Crippen LogP contribution in [0.25, 0.3) is 0 Å². The van der Waals surface area contributed by atoms with Gasteiger partial charge in [0.2, 0.25) is 6.79 Å². The van der Waals surface area contributed by atoms with Crippen molar-refractivity contribution in [2.45, 2.75) is 18.9 Å². The summed E-state index contributed by atoms with van der Waals surface area (Å²) in [5.74, 6) is 0.943. The van der Waals surface area contributed by atoms with Crippen molar-refractivity contribution in [3.63, 3.8) is 0 Å². The molecule has 0 bridgehead atoms. The molecule has 0 spiro atoms. The maximum Gasteiger partial charge on any atom is 0.256 e. The molecule has 1 atom stereocenters. The molecule has 2 heterocycles. The first-order chi connectivity index (χ1) is 9.20. The van der Waals surface area contributed by atoms with Crippen LogP contribution in [0.4, 0.5) is 5.69 Å². The number of amides is 1. The molecular weight excluding hydrogens is 248 g/mol. The van der Waals surface area contributed by atoms with Gasteiger partial charge >= 0.3 is 0 Å². The summed E-state index contributed by atoms with van der Waals surface area (Å²) in [6.07, 6.45) is 1.73. The molecule has 1 amide bonds. The number of fused-ring (bicyclic) bond motifs is 1. The lowest BCUT2D eigenvalue weighted by Crippen LogP contribution is -2.37. The third-order valence-electron chi connectivity index (χ3n) is 3.62. The molecule has 1 saturated heterocycles. The zero-order chi connectivity index (χ0) is 13.4. The molecule has 3 N–H and O–H groups in total. The number of nitrogens with two attached hydrogens (primary N) is 1. The Balaban J connectivity index is 1.91. The van der Waals surface area contributed by atoms with Gasteiger partial charge in [0.15, 0.2) is 11.5 Å². The normalized spacial score (nSPS) is 20.9. The predicted octanol–water partition coefficient (Wildman–Crippen LogP) is 0.594. The molecule has 1 aromatic rings. The molecule has 1 aromatic carbocycles. The summed E-state index contributed by atoms with van der Waals surface area (Å²) in [4.78, 5) is 14.1. The number of rotatable bonds is 2. The smallest absolute Gasteiger partial charge is 0.256 e. The van der Waals surface area contributed by atoms with Crippen LogP contribution in [0.15, 0.2) is 12.1 Å². The molecule has 19 heavy (non-hydrogen) atoms. The van der Waals surface area contributed by atoms with Gasteiger partial charge in [0.05, 0.1) is 18.2 Å². The van der Waals surface area contributed by atoms with Crippen LogP contribution in [0.3, 0.4) is 0 Å². The van der Waals surface area contributed by atoms with Gasteiger partial charge in [0, 0.05) is 18.3 Å². The number of nitrogen functional groups attached to an aromatic ring is 1. The largest absolute Gasteiger partial charge is 0.454 e. The standard InChI is InChI=1S/C13H16N2O4/c14-10-5-12-11(18-7-19-12)4-9(10)13(17)15-3-1-2-8(15)6-16/h4-5,8,16H,1-3,6-7,14H2/t8-/m1/s1. The number of aliphatic hydroxyl groups is 1. The van der Waals surface area contributed by atoms with Crippen molar-refractivity contribution < 1.29 is 19.4 Å². The molecule has 6 heteroatoms. The van der Waals surface area contributed by atoms with E-state index in [2.05, 4.69) is 0 Å². The molecule has 102 valence electrons. The average molecular weight is 264 g/mol. The second kappa shape index (κ2) is 4.62. The number of benzene rings is 1. The maximum atomic E-state index is 12.5. The van der Waals surface area contributed by atoms with E-state index in [9.17, 15) is 9.90 Å². The Morgan fingerprint density at radius 1 is 1.42 bits per heavy atom. The topological polar surface area (TPSA) is 85.0 Å². The summed E-state index contributed by atoms with van der Waals surface area (Å²) in [6, 6.07) is 3.11. The van der Waals surface area contributed by atoms with Crippen LogP contribution in [0.5, 0.6) is 11.5 Å². The lowest BCUT2D eigenvalue weighted by atomic mass is 10.1. The third-order valence-corrected chi connectivity index (χ3v) is 3.62. The average Bonchev–Trinajstić information content (AvgIpc) is 3.04. The first kappa shape index (κ1) is 12.1. The summed E-state index contributed by atoms with van der Waals surface area (Å²) >= 11 is 0. The Kier molecular flexibility index (Phi) is 2.94. The zero-order valence-corrected chi connectivity index (χ0v) is 10.5. The minimum Gasteiger partial charge on any atom is -0.454 e. The number of nitrogens with zero attached hydrogens (tertiary/aromatic N) is 1. The molecule has 0 radical (unpaired) electrons. The lowest BCUT2D eigenvalue weighted by Gasteiger charge is -2.23. The third kappa shape index (κ3) is 1.98. The summed E-state index contributed by atoms with van der Waals surface area (Å²) in [6.45, 7) is 0.781. The minimum atomic E-state index is -0.160. The van der Waals surface area contributed by atoms with E-state index in [1.807, 2.05) is 0 Å². The van der Waals surface area contributed by atoms with Crippen LogP contribution in [0, 0.1) is 0 Å². The van der Waals surface area contributed by atoms with Crippen molar-refractivity contribution in [1.82, 2.24) is 4.90 Å². The van der Waals surface area contributed by atoms with Crippen molar-refractivity contribution in [2.75, 3.05) is 25.7 Å². The molecule has 0 aromatic heterocycles. The van der Waals surface area contributed by atoms with Crippen LogP contribution in [0.2, 0.25) is 0 Å². The van der Waals surface area contributed by atoms with Crippen molar-refractivity contribution in [3.8, 4) is 11.5 Å². The van der Waals surface area contributed by atoms with Gasteiger partial charge in [-0.2, -0.15) is 0 Å². The second-order valence-electron chi connectivity index (χ2n) is 4.77. The van der Waals surface area contributed by atoms with Crippen LogP contribution in [-0.2, 0) is 0 Å². The highest BCUT2D eigenvalue weighted by molar-refractivity contribution is 6.00. The number of carbonyl (C=O) groups is 1. The number of carbonyl (C=O) groups excluding carboxylic acids is 1. The minimum absolute atomic E-state index is 0.0177. The Morgan fingerprint density at radius 3 is 2.89 bits per heavy atom. The Bertz CT molecular complexity index is 518. The summed E-state index contributed by atoms with van der Waals surface area (Å²) in [5.41, 5.74) is 6.68. The predicted molar refractivity (Wildman–Crippen MR) is 68.1 cm³/mol. The summed E-state index contributed by atoms with van der Waals surface area (Å²) < 4.78 is 10.5. The molecule has 0 aliphatic carbocycles. The van der Waals surface area contributed by atoms with Gasteiger partial charge in [0.1, 0.15) is 0 Å². The molecule has 3 rings (SSSR count). The summed E-state index contributed by atoms with van der Waals surface area (Å²) in [5, 5.41) is 9.29. The number of hydrogen-bond donors (Lipinski definition) is 2. The fraction of sp³-hybridized carbons (Fsp3) is 0.462. The Labute approximate surface area is 110 Å². The fourth-order valence-electron chi connectivity index (χ4n) is 2.59. The molecule has 0 saturated carbocycles. The number of hydrogen-bond acceptors (Lipinski definition) is 5. The summed E-state index contributed by atoms with van der Waals surface area (Å²) in [7, 11) is 0. The molecule has 2 aliphatic rings. The van der Waals surface area contributed by atoms with Gasteiger partial charge < -0.3 is 25.2 Å². The number of ether oxygens (including phenoxy) is 2. The van der Waals surface area contributed by atoms with Gasteiger partial charge in [-0.05, 0) is 18.9 Å². The number of anilines is 1. The zero-order valence-electron chi connectivity index (χ0n) is 10.5. The quantitative estimate of drug-likeness (QED) is 0.764. The second-order valence-corrected chi connectivity index (χ2v) is 4.77. The molecular formula is C13H16N2O4. The lowest BCUT2D eigenvalue weighted by molar-refractivity contribution is 0.0678. The van der Waals surface area contributed by atoms with Gasteiger partial charge in [-0.25, -0.2) is 0 Å². The van der Waals surface area contributed by atoms with E-state index in [1.54, 1.807) is 17.0 Å². The van der Waals surface area contributed by atoms with E-state index in [-0.39, 0.29) is 25.3 Å². The van der Waals surface area contributed by atoms with Gasteiger partial charge in [-0.3, -0.25) is 4.79 Å². The van der Waals surface area contributed by atoms with E-state index in [0.717, 1.165) is 12.8 Å². The highest BCUT2D eigenvalue weighted by Crippen LogP contribution is 2.36. The SMILES string of the molecule is Nc1cc2c(cc1C(=O)N1CCC[C@@H]1CO)OCO2. The highest BCUT2D eigenvalue weighted by atomic mass is 16.7. The van der Waals surface area contributed by atoms with Crippen LogP contribution < -0.4 is 15.2 Å². The fourth-order valence-corrected chi connectivity index (χ4v) is 2.59. The maximum absolute atomic E-state index is 12.5. The number of likely N-dealkylation sites (tertiary alicyclic amines) is 1. The van der Waals surface area contributed by atoms with Crippen molar-refractivity contribution in [2.24, 2.45) is 0 Å². The molecule has 6 nitrogen and oxygen atoms in total. The van der Waals surface area contributed by atoms with E-state index in [4.69, 9.17) is 15.2 Å². The first-order valence-corrected chi connectivity index (χ1v) is 6.31. The van der Waals surface area contributed by atoms with Crippen molar-refractivity contribution >= 4 is 11.6 Å². The van der Waals surface area contributed by atoms with Gasteiger partial charge in [-0.15, -0.1) is 0 Å². The monoisotopic (exact) mass is 264 g/mol. The molecule has 0 unspecified atom stereocenters. The molecule has 2 aliphatic heterocycles. The van der Waals surface area contributed by atoms with E-state index >= 15 is 0 Å². The van der Waals surface area contributed by atoms with Gasteiger partial charge in [-0.1, -0.05) is 0 Å². The van der Waals surface area contributed by atoms with E-state index < -0.39 is 0 Å².